The molecule has 2 nitrogen and oxygen atoms in total. The van der Waals surface area contributed by atoms with Crippen molar-refractivity contribution in [3.8, 4) is 22.6 Å². The summed E-state index contributed by atoms with van der Waals surface area (Å²) in [7, 11) is 1.68. The minimum Gasteiger partial charge on any atom is -0.496 e. The van der Waals surface area contributed by atoms with Gasteiger partial charge in [-0.3, -0.25) is 0 Å². The molecule has 3 aromatic carbocycles. The predicted octanol–water partition coefficient (Wildman–Crippen LogP) is 4.94. The number of rotatable bonds is 5. The molecule has 0 aromatic heterocycles. The summed E-state index contributed by atoms with van der Waals surface area (Å²) in [5.41, 5.74) is 3.28. The van der Waals surface area contributed by atoms with E-state index >= 15 is 0 Å². The fourth-order valence-electron chi connectivity index (χ4n) is 2.43. The fraction of sp³-hybridized carbons (Fsp3) is 0.100. The van der Waals surface area contributed by atoms with Crippen LogP contribution in [0.3, 0.4) is 0 Å². The minimum atomic E-state index is 0.480. The average Bonchev–Trinajstić information content (AvgIpc) is 2.61. The van der Waals surface area contributed by atoms with Gasteiger partial charge in [-0.2, -0.15) is 0 Å². The van der Waals surface area contributed by atoms with E-state index in [0.717, 1.165) is 28.2 Å². The lowest BCUT2D eigenvalue weighted by atomic mass is 10.0. The second-order valence-corrected chi connectivity index (χ2v) is 4.96. The first-order chi connectivity index (χ1) is 10.9. The van der Waals surface area contributed by atoms with Crippen molar-refractivity contribution >= 4 is 0 Å². The molecule has 0 fully saturated rings. The highest BCUT2D eigenvalue weighted by Crippen LogP contribution is 2.30. The Hall–Kier alpha value is -2.74. The fourth-order valence-corrected chi connectivity index (χ4v) is 2.43. The third-order valence-corrected chi connectivity index (χ3v) is 3.55. The molecule has 0 spiro atoms. The van der Waals surface area contributed by atoms with Crippen LogP contribution >= 0.6 is 0 Å². The first-order valence-electron chi connectivity index (χ1n) is 7.27. The van der Waals surface area contributed by atoms with E-state index in [2.05, 4.69) is 18.2 Å². The smallest absolute Gasteiger partial charge is 0.127 e. The van der Waals surface area contributed by atoms with E-state index in [0.29, 0.717) is 6.61 Å². The van der Waals surface area contributed by atoms with Gasteiger partial charge in [-0.05, 0) is 17.7 Å². The quantitative estimate of drug-likeness (QED) is 0.662. The van der Waals surface area contributed by atoms with Crippen molar-refractivity contribution in [2.75, 3.05) is 7.11 Å². The van der Waals surface area contributed by atoms with E-state index in [1.54, 1.807) is 7.11 Å². The molecule has 0 aliphatic carbocycles. The Morgan fingerprint density at radius 2 is 1.32 bits per heavy atom. The van der Waals surface area contributed by atoms with Crippen molar-refractivity contribution in [3.63, 3.8) is 0 Å². The molecule has 3 rings (SSSR count). The first-order valence-corrected chi connectivity index (χ1v) is 7.27. The maximum atomic E-state index is 6.04. The Bertz CT molecular complexity index is 735. The zero-order valence-corrected chi connectivity index (χ0v) is 12.5. The molecule has 0 saturated heterocycles. The lowest BCUT2D eigenvalue weighted by Crippen LogP contribution is -1.99. The van der Waals surface area contributed by atoms with Crippen molar-refractivity contribution in [2.45, 2.75) is 6.61 Å². The van der Waals surface area contributed by atoms with Gasteiger partial charge < -0.3 is 9.47 Å². The maximum Gasteiger partial charge on any atom is 0.127 e. The van der Waals surface area contributed by atoms with E-state index in [1.165, 1.54) is 0 Å². The van der Waals surface area contributed by atoms with Gasteiger partial charge in [-0.15, -0.1) is 0 Å². The van der Waals surface area contributed by atoms with Gasteiger partial charge in [0.2, 0.25) is 0 Å². The van der Waals surface area contributed by atoms with Crippen molar-refractivity contribution in [2.24, 2.45) is 0 Å². The van der Waals surface area contributed by atoms with Crippen LogP contribution in [0.15, 0.2) is 78.9 Å². The third-order valence-electron chi connectivity index (χ3n) is 3.55. The molecular weight excluding hydrogens is 272 g/mol. The normalized spacial score (nSPS) is 10.2. The molecule has 0 bridgehead atoms. The molecule has 0 aliphatic rings. The number of methoxy groups -OCH3 is 1. The Kier molecular flexibility index (Phi) is 4.40. The molecule has 0 radical (unpaired) electrons. The first kappa shape index (κ1) is 14.2. The Balaban J connectivity index is 1.85. The number of para-hydroxylation sites is 2. The number of hydrogen-bond donors (Lipinski definition) is 0. The van der Waals surface area contributed by atoms with Gasteiger partial charge in [-0.1, -0.05) is 66.7 Å². The largest absolute Gasteiger partial charge is 0.496 e. The summed E-state index contributed by atoms with van der Waals surface area (Å²) in [5, 5.41) is 0. The summed E-state index contributed by atoms with van der Waals surface area (Å²) < 4.78 is 11.4. The molecule has 0 N–H and O–H groups in total. The number of ether oxygens (including phenoxy) is 2. The van der Waals surface area contributed by atoms with Crippen LogP contribution in [0.1, 0.15) is 5.56 Å². The highest BCUT2D eigenvalue weighted by atomic mass is 16.5. The summed E-state index contributed by atoms with van der Waals surface area (Å²) in [6, 6.07) is 26.3. The second-order valence-electron chi connectivity index (χ2n) is 4.96. The molecule has 110 valence electrons. The van der Waals surface area contributed by atoms with Crippen LogP contribution in [0.4, 0.5) is 0 Å². The average molecular weight is 290 g/mol. The van der Waals surface area contributed by atoms with Gasteiger partial charge in [0.05, 0.1) is 7.11 Å². The Morgan fingerprint density at radius 1 is 0.682 bits per heavy atom. The molecule has 0 atom stereocenters. The highest BCUT2D eigenvalue weighted by Gasteiger charge is 2.07. The lowest BCUT2D eigenvalue weighted by molar-refractivity contribution is 0.298. The molecule has 3 aromatic rings. The Labute approximate surface area is 131 Å². The van der Waals surface area contributed by atoms with Crippen LogP contribution in [0.2, 0.25) is 0 Å². The standard InChI is InChI=1S/C20H18O2/c1-21-19-13-7-5-11-17(19)15-22-20-14-8-6-12-18(20)16-9-3-2-4-10-16/h2-14H,15H2,1H3. The van der Waals surface area contributed by atoms with Crippen LogP contribution in [0, 0.1) is 0 Å². The van der Waals surface area contributed by atoms with Gasteiger partial charge in [-0.25, -0.2) is 0 Å². The highest BCUT2D eigenvalue weighted by molar-refractivity contribution is 5.70. The number of hydrogen-bond acceptors (Lipinski definition) is 2. The summed E-state index contributed by atoms with van der Waals surface area (Å²) >= 11 is 0. The van der Waals surface area contributed by atoms with Crippen molar-refractivity contribution < 1.29 is 9.47 Å². The van der Waals surface area contributed by atoms with Crippen LogP contribution < -0.4 is 9.47 Å². The second kappa shape index (κ2) is 6.81. The SMILES string of the molecule is COc1ccccc1COc1ccccc1-c1ccccc1. The summed E-state index contributed by atoms with van der Waals surface area (Å²) in [4.78, 5) is 0. The maximum absolute atomic E-state index is 6.04. The van der Waals surface area contributed by atoms with Crippen LogP contribution in [-0.2, 0) is 6.61 Å². The molecule has 0 heterocycles. The van der Waals surface area contributed by atoms with E-state index in [1.807, 2.05) is 60.7 Å². The summed E-state index contributed by atoms with van der Waals surface area (Å²) in [5.74, 6) is 1.72. The molecule has 2 heteroatoms. The van der Waals surface area contributed by atoms with Crippen LogP contribution in [-0.4, -0.2) is 7.11 Å². The topological polar surface area (TPSA) is 18.5 Å². The van der Waals surface area contributed by atoms with Gasteiger partial charge in [0.15, 0.2) is 0 Å². The van der Waals surface area contributed by atoms with E-state index < -0.39 is 0 Å². The molecule has 22 heavy (non-hydrogen) atoms. The minimum absolute atomic E-state index is 0.480. The molecule has 0 saturated carbocycles. The predicted molar refractivity (Wildman–Crippen MR) is 89.2 cm³/mol. The molecule has 0 aliphatic heterocycles. The van der Waals surface area contributed by atoms with Crippen molar-refractivity contribution in [1.82, 2.24) is 0 Å². The number of benzene rings is 3. The molecule has 0 unspecified atom stereocenters. The van der Waals surface area contributed by atoms with Gasteiger partial charge in [0.25, 0.3) is 0 Å². The summed E-state index contributed by atoms with van der Waals surface area (Å²) in [6.07, 6.45) is 0. The third kappa shape index (κ3) is 3.12. The molecule has 0 amide bonds. The van der Waals surface area contributed by atoms with Gasteiger partial charge in [0, 0.05) is 11.1 Å². The van der Waals surface area contributed by atoms with Gasteiger partial charge in [0.1, 0.15) is 18.1 Å². The summed E-state index contributed by atoms with van der Waals surface area (Å²) in [6.45, 7) is 0.480. The monoisotopic (exact) mass is 290 g/mol. The van der Waals surface area contributed by atoms with E-state index in [-0.39, 0.29) is 0 Å². The zero-order chi connectivity index (χ0) is 15.2. The zero-order valence-electron chi connectivity index (χ0n) is 12.5. The van der Waals surface area contributed by atoms with Crippen LogP contribution in [0.5, 0.6) is 11.5 Å². The van der Waals surface area contributed by atoms with Crippen LogP contribution in [0.25, 0.3) is 11.1 Å². The molecular formula is C20H18O2. The Morgan fingerprint density at radius 3 is 2.09 bits per heavy atom. The van der Waals surface area contributed by atoms with Gasteiger partial charge >= 0.3 is 0 Å². The van der Waals surface area contributed by atoms with Crippen molar-refractivity contribution in [1.29, 1.82) is 0 Å². The van der Waals surface area contributed by atoms with E-state index in [9.17, 15) is 0 Å². The van der Waals surface area contributed by atoms with E-state index in [4.69, 9.17) is 9.47 Å². The van der Waals surface area contributed by atoms with Crippen molar-refractivity contribution in [3.05, 3.63) is 84.4 Å². The lowest BCUT2D eigenvalue weighted by Gasteiger charge is -2.13.